The summed E-state index contributed by atoms with van der Waals surface area (Å²) < 4.78 is 0. The third kappa shape index (κ3) is 2.59. The number of ketones is 1. The molecule has 1 aliphatic carbocycles. The van der Waals surface area contributed by atoms with Crippen LogP contribution in [0, 0.1) is 11.8 Å². The fraction of sp³-hybridized carbons (Fsp3) is 0.350. The van der Waals surface area contributed by atoms with Crippen LogP contribution in [0.15, 0.2) is 54.1 Å². The van der Waals surface area contributed by atoms with Gasteiger partial charge < -0.3 is 0 Å². The molecule has 0 N–H and O–H groups in total. The molecule has 0 aromatic heterocycles. The molecule has 1 heteroatoms. The van der Waals surface area contributed by atoms with Crippen LogP contribution in [0.3, 0.4) is 0 Å². The molecule has 0 radical (unpaired) electrons. The number of carbonyl (C=O) groups excluding carboxylic acids is 1. The number of benzene rings is 1. The molecule has 1 atom stereocenters. The Balaban J connectivity index is 2.37. The summed E-state index contributed by atoms with van der Waals surface area (Å²) in [6.45, 7) is 8.00. The van der Waals surface area contributed by atoms with Gasteiger partial charge in [-0.05, 0) is 30.9 Å². The SMILES string of the molecule is C=CCC1(c2ccccc2)C(=O)C(C#CCCCC)=C1C. The second-order valence-electron chi connectivity index (χ2n) is 5.50. The number of hydrogen-bond acceptors (Lipinski definition) is 1. The van der Waals surface area contributed by atoms with E-state index in [1.54, 1.807) is 0 Å². The quantitative estimate of drug-likeness (QED) is 0.437. The predicted molar refractivity (Wildman–Crippen MR) is 87.9 cm³/mol. The van der Waals surface area contributed by atoms with Crippen molar-refractivity contribution in [3.8, 4) is 11.8 Å². The highest BCUT2D eigenvalue weighted by atomic mass is 16.1. The zero-order valence-corrected chi connectivity index (χ0v) is 12.9. The predicted octanol–water partition coefficient (Wildman–Crippen LogP) is 4.59. The summed E-state index contributed by atoms with van der Waals surface area (Å²) in [6.07, 6.45) is 5.55. The molecule has 0 bridgehead atoms. The average molecular weight is 278 g/mol. The molecule has 0 saturated carbocycles. The number of hydrogen-bond donors (Lipinski definition) is 0. The Morgan fingerprint density at radius 1 is 1.29 bits per heavy atom. The summed E-state index contributed by atoms with van der Waals surface area (Å²) in [7, 11) is 0. The molecular weight excluding hydrogens is 256 g/mol. The Morgan fingerprint density at radius 2 is 2.00 bits per heavy atom. The minimum absolute atomic E-state index is 0.148. The van der Waals surface area contributed by atoms with Crippen LogP contribution in [0.1, 0.15) is 45.1 Å². The van der Waals surface area contributed by atoms with Crippen molar-refractivity contribution in [2.75, 3.05) is 0 Å². The molecular formula is C20H22O. The zero-order valence-electron chi connectivity index (χ0n) is 12.9. The highest BCUT2D eigenvalue weighted by molar-refractivity contribution is 6.17. The van der Waals surface area contributed by atoms with Gasteiger partial charge in [0, 0.05) is 6.42 Å². The molecule has 108 valence electrons. The molecule has 0 fully saturated rings. The maximum absolute atomic E-state index is 12.7. The van der Waals surface area contributed by atoms with Crippen molar-refractivity contribution < 1.29 is 4.79 Å². The third-order valence-corrected chi connectivity index (χ3v) is 4.22. The van der Waals surface area contributed by atoms with Gasteiger partial charge >= 0.3 is 0 Å². The van der Waals surface area contributed by atoms with Gasteiger partial charge in [0.1, 0.15) is 0 Å². The molecule has 0 heterocycles. The zero-order chi connectivity index (χ0) is 15.3. The van der Waals surface area contributed by atoms with Crippen LogP contribution in [0.5, 0.6) is 0 Å². The highest BCUT2D eigenvalue weighted by Crippen LogP contribution is 2.47. The van der Waals surface area contributed by atoms with E-state index in [1.807, 2.05) is 43.3 Å². The lowest BCUT2D eigenvalue weighted by Crippen LogP contribution is -2.46. The van der Waals surface area contributed by atoms with Gasteiger partial charge in [-0.15, -0.1) is 6.58 Å². The molecule has 1 nitrogen and oxygen atoms in total. The number of unbranched alkanes of at least 4 members (excludes halogenated alkanes) is 2. The van der Waals surface area contributed by atoms with Crippen LogP contribution >= 0.6 is 0 Å². The molecule has 0 aliphatic heterocycles. The molecule has 1 aromatic rings. The second kappa shape index (κ2) is 6.59. The monoisotopic (exact) mass is 278 g/mol. The first-order valence-electron chi connectivity index (χ1n) is 7.60. The Morgan fingerprint density at radius 3 is 2.57 bits per heavy atom. The molecule has 1 aliphatic rings. The van der Waals surface area contributed by atoms with Crippen molar-refractivity contribution in [3.63, 3.8) is 0 Å². The van der Waals surface area contributed by atoms with Crippen molar-refractivity contribution in [3.05, 3.63) is 59.7 Å². The lowest BCUT2D eigenvalue weighted by Gasteiger charge is -2.41. The van der Waals surface area contributed by atoms with E-state index in [0.29, 0.717) is 12.0 Å². The van der Waals surface area contributed by atoms with Crippen molar-refractivity contribution >= 4 is 5.78 Å². The standard InChI is InChI=1S/C20H22O/c1-4-6-7-11-14-18-16(3)20(15-5-2,19(18)21)17-12-9-8-10-13-17/h5,8-10,12-13H,2,4,6-7,15H2,1,3H3. The fourth-order valence-corrected chi connectivity index (χ4v) is 2.92. The number of rotatable bonds is 5. The van der Waals surface area contributed by atoms with Gasteiger partial charge in [-0.2, -0.15) is 0 Å². The van der Waals surface area contributed by atoms with Crippen LogP contribution in [0.25, 0.3) is 0 Å². The van der Waals surface area contributed by atoms with Gasteiger partial charge in [0.2, 0.25) is 0 Å². The van der Waals surface area contributed by atoms with Gasteiger partial charge in [-0.3, -0.25) is 4.79 Å². The van der Waals surface area contributed by atoms with Crippen molar-refractivity contribution in [1.29, 1.82) is 0 Å². The van der Waals surface area contributed by atoms with E-state index in [-0.39, 0.29) is 5.78 Å². The molecule has 2 rings (SSSR count). The first-order chi connectivity index (χ1) is 10.2. The van der Waals surface area contributed by atoms with Crippen molar-refractivity contribution in [1.82, 2.24) is 0 Å². The highest BCUT2D eigenvalue weighted by Gasteiger charge is 2.51. The number of allylic oxidation sites excluding steroid dienone is 3. The maximum Gasteiger partial charge on any atom is 0.186 e. The van der Waals surface area contributed by atoms with E-state index in [0.717, 1.165) is 30.4 Å². The molecule has 0 saturated heterocycles. The van der Waals surface area contributed by atoms with E-state index < -0.39 is 5.41 Å². The summed E-state index contributed by atoms with van der Waals surface area (Å²) in [4.78, 5) is 12.7. The van der Waals surface area contributed by atoms with Gasteiger partial charge in [0.25, 0.3) is 0 Å². The Bertz CT molecular complexity index is 625. The summed E-state index contributed by atoms with van der Waals surface area (Å²) in [5.74, 6) is 6.36. The molecule has 21 heavy (non-hydrogen) atoms. The van der Waals surface area contributed by atoms with Crippen molar-refractivity contribution in [2.24, 2.45) is 0 Å². The van der Waals surface area contributed by atoms with Crippen LogP contribution in [0.4, 0.5) is 0 Å². The lowest BCUT2D eigenvalue weighted by molar-refractivity contribution is -0.121. The number of Topliss-reactive ketones (excluding diaryl/α,β-unsaturated/α-hetero) is 1. The van der Waals surface area contributed by atoms with E-state index in [1.165, 1.54) is 0 Å². The average Bonchev–Trinajstić information content (AvgIpc) is 2.53. The van der Waals surface area contributed by atoms with E-state index in [2.05, 4.69) is 25.3 Å². The van der Waals surface area contributed by atoms with Crippen LogP contribution in [0.2, 0.25) is 0 Å². The Hall–Kier alpha value is -2.07. The molecule has 1 aromatic carbocycles. The minimum Gasteiger partial charge on any atom is -0.292 e. The Kier molecular flexibility index (Phi) is 4.81. The van der Waals surface area contributed by atoms with E-state index >= 15 is 0 Å². The normalized spacial score (nSPS) is 20.6. The van der Waals surface area contributed by atoms with Crippen molar-refractivity contribution in [2.45, 2.75) is 44.9 Å². The number of carbonyl (C=O) groups is 1. The largest absolute Gasteiger partial charge is 0.292 e. The lowest BCUT2D eigenvalue weighted by atomic mass is 9.58. The first kappa shape index (κ1) is 15.3. The molecule has 1 unspecified atom stereocenters. The van der Waals surface area contributed by atoms with Gasteiger partial charge in [-0.25, -0.2) is 0 Å². The van der Waals surface area contributed by atoms with Crippen LogP contribution in [-0.4, -0.2) is 5.78 Å². The summed E-state index contributed by atoms with van der Waals surface area (Å²) in [5.41, 5.74) is 2.31. The summed E-state index contributed by atoms with van der Waals surface area (Å²) >= 11 is 0. The third-order valence-electron chi connectivity index (χ3n) is 4.22. The second-order valence-corrected chi connectivity index (χ2v) is 5.50. The minimum atomic E-state index is -0.530. The van der Waals surface area contributed by atoms with E-state index in [4.69, 9.17) is 0 Å². The topological polar surface area (TPSA) is 17.1 Å². The van der Waals surface area contributed by atoms with Crippen LogP contribution in [-0.2, 0) is 10.2 Å². The maximum atomic E-state index is 12.7. The fourth-order valence-electron chi connectivity index (χ4n) is 2.92. The summed E-state index contributed by atoms with van der Waals surface area (Å²) in [6, 6.07) is 9.97. The van der Waals surface area contributed by atoms with Gasteiger partial charge in [0.05, 0.1) is 11.0 Å². The van der Waals surface area contributed by atoms with Crippen LogP contribution < -0.4 is 0 Å². The van der Waals surface area contributed by atoms with Gasteiger partial charge in [0.15, 0.2) is 5.78 Å². The smallest absolute Gasteiger partial charge is 0.186 e. The Labute approximate surface area is 127 Å². The molecule has 0 spiro atoms. The first-order valence-corrected chi connectivity index (χ1v) is 7.60. The van der Waals surface area contributed by atoms with E-state index in [9.17, 15) is 4.79 Å². The van der Waals surface area contributed by atoms with Gasteiger partial charge in [-0.1, -0.05) is 61.6 Å². The molecule has 0 amide bonds. The summed E-state index contributed by atoms with van der Waals surface area (Å²) in [5, 5.41) is 0.